The van der Waals surface area contributed by atoms with Crippen LogP contribution < -0.4 is 10.6 Å². The van der Waals surface area contributed by atoms with Crippen molar-refractivity contribution in [3.05, 3.63) is 94.5 Å². The van der Waals surface area contributed by atoms with E-state index in [1.165, 1.54) is 4.90 Å². The smallest absolute Gasteiger partial charge is 0.315 e. The van der Waals surface area contributed by atoms with Gasteiger partial charge in [0.2, 0.25) is 5.91 Å². The van der Waals surface area contributed by atoms with Gasteiger partial charge in [0.05, 0.1) is 11.4 Å². The molecule has 1 aromatic heterocycles. The van der Waals surface area contributed by atoms with Crippen molar-refractivity contribution in [1.29, 1.82) is 0 Å². The average molecular weight is 544 g/mol. The minimum absolute atomic E-state index is 0.123. The second-order valence-corrected chi connectivity index (χ2v) is 10.6. The number of aromatic nitrogens is 2. The highest BCUT2D eigenvalue weighted by atomic mass is 35.5. The van der Waals surface area contributed by atoms with Gasteiger partial charge in [-0.05, 0) is 56.0 Å². The summed E-state index contributed by atoms with van der Waals surface area (Å²) in [7, 11) is 0. The number of halogens is 1. The Hall–Kier alpha value is -4.10. The van der Waals surface area contributed by atoms with Crippen LogP contribution >= 0.6 is 11.6 Å². The van der Waals surface area contributed by atoms with Gasteiger partial charge < -0.3 is 15.5 Å². The van der Waals surface area contributed by atoms with Crippen LogP contribution in [0.25, 0.3) is 16.9 Å². The first kappa shape index (κ1) is 27.9. The summed E-state index contributed by atoms with van der Waals surface area (Å²) in [6, 6.07) is 22.7. The van der Waals surface area contributed by atoms with Crippen LogP contribution in [0.3, 0.4) is 0 Å². The summed E-state index contributed by atoms with van der Waals surface area (Å²) < 4.78 is 1.75. The molecule has 0 aliphatic rings. The topological polar surface area (TPSA) is 79.3 Å². The normalized spacial score (nSPS) is 10.9. The van der Waals surface area contributed by atoms with Gasteiger partial charge in [0.15, 0.2) is 0 Å². The largest absolute Gasteiger partial charge is 0.322 e. The molecule has 0 fully saturated rings. The highest BCUT2D eigenvalue weighted by Crippen LogP contribution is 2.27. The maximum atomic E-state index is 13.3. The molecule has 3 amide bonds. The number of nitrogens with one attached hydrogen (secondary N) is 2. The minimum Gasteiger partial charge on any atom is -0.315 e. The van der Waals surface area contributed by atoms with E-state index in [1.54, 1.807) is 16.8 Å². The quantitative estimate of drug-likeness (QED) is 0.246. The standard InChI is InChI=1S/C31H34ClN5O2/c1-20(2)18-36(31(39)33-25-13-12-22(4)26(32)16-25)19-30(38)34-29-17-27(24-9-7-6-8-10-24)35-37(29)28-14-11-21(3)15-23(28)5/h6-17,20H,18-19H2,1-5H3,(H,33,39)(H,34,38). The summed E-state index contributed by atoms with van der Waals surface area (Å²) >= 11 is 6.23. The number of hydrogen-bond acceptors (Lipinski definition) is 3. The fourth-order valence-electron chi connectivity index (χ4n) is 4.34. The molecule has 1 heterocycles. The Morgan fingerprint density at radius 2 is 1.67 bits per heavy atom. The zero-order valence-electron chi connectivity index (χ0n) is 23.0. The second kappa shape index (κ2) is 12.2. The van der Waals surface area contributed by atoms with Crippen molar-refractivity contribution in [1.82, 2.24) is 14.7 Å². The fourth-order valence-corrected chi connectivity index (χ4v) is 4.52. The molecule has 0 aliphatic heterocycles. The first-order valence-electron chi connectivity index (χ1n) is 13.0. The Kier molecular flexibility index (Phi) is 8.72. The van der Waals surface area contributed by atoms with Crippen molar-refractivity contribution < 1.29 is 9.59 Å². The van der Waals surface area contributed by atoms with Crippen molar-refractivity contribution in [2.45, 2.75) is 34.6 Å². The lowest BCUT2D eigenvalue weighted by Gasteiger charge is -2.24. The lowest BCUT2D eigenvalue weighted by molar-refractivity contribution is -0.116. The molecular formula is C31H34ClN5O2. The lowest BCUT2D eigenvalue weighted by atomic mass is 10.1. The van der Waals surface area contributed by atoms with Gasteiger partial charge in [-0.1, -0.05) is 79.5 Å². The third kappa shape index (κ3) is 7.06. The Morgan fingerprint density at radius 3 is 2.33 bits per heavy atom. The van der Waals surface area contributed by atoms with E-state index < -0.39 is 0 Å². The highest BCUT2D eigenvalue weighted by molar-refractivity contribution is 6.31. The van der Waals surface area contributed by atoms with Crippen LogP contribution in [0.4, 0.5) is 16.3 Å². The molecule has 0 saturated carbocycles. The van der Waals surface area contributed by atoms with E-state index in [4.69, 9.17) is 16.7 Å². The van der Waals surface area contributed by atoms with E-state index in [9.17, 15) is 9.59 Å². The monoisotopic (exact) mass is 543 g/mol. The van der Waals surface area contributed by atoms with Crippen LogP contribution in [0.5, 0.6) is 0 Å². The lowest BCUT2D eigenvalue weighted by Crippen LogP contribution is -2.42. The van der Waals surface area contributed by atoms with Crippen LogP contribution in [0, 0.1) is 26.7 Å². The molecule has 0 radical (unpaired) electrons. The number of urea groups is 1. The summed E-state index contributed by atoms with van der Waals surface area (Å²) in [5.41, 5.74) is 6.21. The molecule has 0 saturated heterocycles. The summed E-state index contributed by atoms with van der Waals surface area (Å²) in [5.74, 6) is 0.370. The summed E-state index contributed by atoms with van der Waals surface area (Å²) in [6.45, 7) is 10.2. The Bertz CT molecular complexity index is 1480. The molecule has 2 N–H and O–H groups in total. The maximum Gasteiger partial charge on any atom is 0.322 e. The second-order valence-electron chi connectivity index (χ2n) is 10.2. The molecule has 7 nitrogen and oxygen atoms in total. The Morgan fingerprint density at radius 1 is 0.923 bits per heavy atom. The van der Waals surface area contributed by atoms with E-state index in [0.717, 1.165) is 33.6 Å². The summed E-state index contributed by atoms with van der Waals surface area (Å²) in [6.07, 6.45) is 0. The van der Waals surface area contributed by atoms with Crippen LogP contribution in [-0.2, 0) is 4.79 Å². The molecule has 39 heavy (non-hydrogen) atoms. The molecule has 4 rings (SSSR count). The molecule has 0 spiro atoms. The van der Waals surface area contributed by atoms with E-state index in [2.05, 4.69) is 16.7 Å². The molecule has 0 unspecified atom stereocenters. The number of benzene rings is 3. The molecule has 8 heteroatoms. The van der Waals surface area contributed by atoms with Crippen molar-refractivity contribution in [3.8, 4) is 16.9 Å². The zero-order valence-corrected chi connectivity index (χ0v) is 23.7. The predicted molar refractivity (Wildman–Crippen MR) is 159 cm³/mol. The third-order valence-corrected chi connectivity index (χ3v) is 6.66. The van der Waals surface area contributed by atoms with Gasteiger partial charge in [0, 0.05) is 28.9 Å². The molecule has 3 aromatic carbocycles. The predicted octanol–water partition coefficient (Wildman–Crippen LogP) is 7.25. The van der Waals surface area contributed by atoms with Gasteiger partial charge in [-0.25, -0.2) is 9.48 Å². The molecular weight excluding hydrogens is 510 g/mol. The molecule has 4 aromatic rings. The first-order valence-corrected chi connectivity index (χ1v) is 13.3. The van der Waals surface area contributed by atoms with Gasteiger partial charge in [-0.2, -0.15) is 5.10 Å². The summed E-state index contributed by atoms with van der Waals surface area (Å²) in [5, 5.41) is 11.3. The van der Waals surface area contributed by atoms with Gasteiger partial charge in [-0.15, -0.1) is 0 Å². The van der Waals surface area contributed by atoms with Crippen LogP contribution in [-0.4, -0.2) is 39.7 Å². The number of carbonyl (C=O) groups is 2. The molecule has 0 bridgehead atoms. The Labute approximate surface area is 234 Å². The number of rotatable bonds is 8. The number of aryl methyl sites for hydroxylation is 3. The Balaban J connectivity index is 1.59. The third-order valence-electron chi connectivity index (χ3n) is 6.26. The summed E-state index contributed by atoms with van der Waals surface area (Å²) in [4.78, 5) is 28.0. The van der Waals surface area contributed by atoms with Crippen molar-refractivity contribution in [3.63, 3.8) is 0 Å². The van der Waals surface area contributed by atoms with Crippen molar-refractivity contribution in [2.24, 2.45) is 5.92 Å². The number of anilines is 2. The number of nitrogens with zero attached hydrogens (tertiary/aromatic N) is 3. The zero-order chi connectivity index (χ0) is 28.1. The van der Waals surface area contributed by atoms with E-state index in [1.807, 2.05) is 89.2 Å². The molecule has 0 atom stereocenters. The maximum absolute atomic E-state index is 13.3. The molecule has 202 valence electrons. The van der Waals surface area contributed by atoms with Gasteiger partial charge >= 0.3 is 6.03 Å². The van der Waals surface area contributed by atoms with Crippen LogP contribution in [0.2, 0.25) is 5.02 Å². The minimum atomic E-state index is -0.369. The SMILES string of the molecule is Cc1ccc(-n2nc(-c3ccccc3)cc2NC(=O)CN(CC(C)C)C(=O)Nc2ccc(C)c(Cl)c2)c(C)c1. The van der Waals surface area contributed by atoms with Crippen LogP contribution in [0.15, 0.2) is 72.8 Å². The first-order chi connectivity index (χ1) is 18.6. The number of hydrogen-bond donors (Lipinski definition) is 2. The number of amides is 3. The van der Waals surface area contributed by atoms with Gasteiger partial charge in [0.25, 0.3) is 0 Å². The van der Waals surface area contributed by atoms with Crippen LogP contribution in [0.1, 0.15) is 30.5 Å². The van der Waals surface area contributed by atoms with Gasteiger partial charge in [0.1, 0.15) is 12.4 Å². The number of carbonyl (C=O) groups excluding carboxylic acids is 2. The molecule has 0 aliphatic carbocycles. The average Bonchev–Trinajstić information content (AvgIpc) is 3.29. The van der Waals surface area contributed by atoms with E-state index in [0.29, 0.717) is 23.1 Å². The van der Waals surface area contributed by atoms with Crippen molar-refractivity contribution in [2.75, 3.05) is 23.7 Å². The van der Waals surface area contributed by atoms with Crippen molar-refractivity contribution >= 4 is 35.0 Å². The van der Waals surface area contributed by atoms with Gasteiger partial charge in [-0.3, -0.25) is 4.79 Å². The van der Waals surface area contributed by atoms with E-state index in [-0.39, 0.29) is 24.4 Å². The highest BCUT2D eigenvalue weighted by Gasteiger charge is 2.21. The fraction of sp³-hybridized carbons (Fsp3) is 0.258. The van der Waals surface area contributed by atoms with E-state index >= 15 is 0 Å².